The van der Waals surface area contributed by atoms with Gasteiger partial charge in [0.05, 0.1) is 16.8 Å². The summed E-state index contributed by atoms with van der Waals surface area (Å²) in [5.74, 6) is 0.980. The number of benzene rings is 1. The third-order valence-electron chi connectivity index (χ3n) is 4.53. The van der Waals surface area contributed by atoms with Crippen LogP contribution >= 0.6 is 11.8 Å². The molecule has 25 heavy (non-hydrogen) atoms. The molecule has 0 aliphatic carbocycles. The molecule has 1 fully saturated rings. The number of nitrogens with zero attached hydrogens (tertiary/aromatic N) is 2. The number of aliphatic carboxylic acids is 1. The van der Waals surface area contributed by atoms with Crippen molar-refractivity contribution >= 4 is 28.8 Å². The Morgan fingerprint density at radius 1 is 1.36 bits per heavy atom. The Morgan fingerprint density at radius 2 is 2.08 bits per heavy atom. The molecule has 2 heterocycles. The fourth-order valence-corrected chi connectivity index (χ4v) is 3.94. The molecule has 136 valence electrons. The standard InChI is InChI=1S/C19H26N2O3S/c1-19(2,3)18-20-15-10-14(25-12-17(22)23)4-5-16(15)21(18)11-13-6-8-24-9-7-13/h4-5,10,13H,6-9,11-12H2,1-3H3,(H,22,23). The van der Waals surface area contributed by atoms with Crippen molar-refractivity contribution in [1.29, 1.82) is 0 Å². The molecule has 0 atom stereocenters. The third-order valence-corrected chi connectivity index (χ3v) is 5.51. The summed E-state index contributed by atoms with van der Waals surface area (Å²) in [6.07, 6.45) is 2.19. The summed E-state index contributed by atoms with van der Waals surface area (Å²) in [7, 11) is 0. The molecule has 1 aliphatic rings. The number of carbonyl (C=O) groups is 1. The van der Waals surface area contributed by atoms with Gasteiger partial charge in [0.2, 0.25) is 0 Å². The predicted molar refractivity (Wildman–Crippen MR) is 100 cm³/mol. The van der Waals surface area contributed by atoms with Crippen LogP contribution in [0.4, 0.5) is 0 Å². The van der Waals surface area contributed by atoms with Crippen LogP contribution in [-0.4, -0.2) is 39.6 Å². The second-order valence-corrected chi connectivity index (χ2v) is 8.73. The second kappa shape index (κ2) is 7.38. The quantitative estimate of drug-likeness (QED) is 0.816. The normalized spacial score (nSPS) is 16.4. The first kappa shape index (κ1) is 18.3. The molecule has 0 unspecified atom stereocenters. The van der Waals surface area contributed by atoms with Gasteiger partial charge < -0.3 is 14.4 Å². The summed E-state index contributed by atoms with van der Waals surface area (Å²) >= 11 is 1.34. The summed E-state index contributed by atoms with van der Waals surface area (Å²) < 4.78 is 7.85. The van der Waals surface area contributed by atoms with Crippen LogP contribution in [0.2, 0.25) is 0 Å². The van der Waals surface area contributed by atoms with Gasteiger partial charge >= 0.3 is 5.97 Å². The van der Waals surface area contributed by atoms with Crippen molar-refractivity contribution < 1.29 is 14.6 Å². The van der Waals surface area contributed by atoms with Gasteiger partial charge in [-0.15, -0.1) is 11.8 Å². The Labute approximate surface area is 152 Å². The Hall–Kier alpha value is -1.53. The van der Waals surface area contributed by atoms with Gasteiger partial charge in [-0.1, -0.05) is 20.8 Å². The molecule has 3 rings (SSSR count). The van der Waals surface area contributed by atoms with Crippen LogP contribution in [-0.2, 0) is 21.5 Å². The highest BCUT2D eigenvalue weighted by Gasteiger charge is 2.25. The second-order valence-electron chi connectivity index (χ2n) is 7.68. The van der Waals surface area contributed by atoms with Gasteiger partial charge in [-0.25, -0.2) is 4.98 Å². The minimum Gasteiger partial charge on any atom is -0.481 e. The van der Waals surface area contributed by atoms with E-state index in [4.69, 9.17) is 14.8 Å². The first-order valence-electron chi connectivity index (χ1n) is 8.77. The van der Waals surface area contributed by atoms with E-state index in [2.05, 4.69) is 31.4 Å². The zero-order valence-corrected chi connectivity index (χ0v) is 15.9. The van der Waals surface area contributed by atoms with E-state index < -0.39 is 5.97 Å². The van der Waals surface area contributed by atoms with Crippen molar-refractivity contribution in [3.05, 3.63) is 24.0 Å². The summed E-state index contributed by atoms with van der Waals surface area (Å²) in [6.45, 7) is 9.22. The number of rotatable bonds is 5. The molecule has 1 N–H and O–H groups in total. The smallest absolute Gasteiger partial charge is 0.313 e. The van der Waals surface area contributed by atoms with Gasteiger partial charge in [0, 0.05) is 30.1 Å². The maximum Gasteiger partial charge on any atom is 0.313 e. The maximum absolute atomic E-state index is 10.8. The first-order valence-corrected chi connectivity index (χ1v) is 9.76. The van der Waals surface area contributed by atoms with Crippen molar-refractivity contribution in [2.24, 2.45) is 5.92 Å². The van der Waals surface area contributed by atoms with Gasteiger partial charge in [-0.05, 0) is 37.0 Å². The highest BCUT2D eigenvalue weighted by atomic mass is 32.2. The fourth-order valence-electron chi connectivity index (χ4n) is 3.29. The zero-order chi connectivity index (χ0) is 18.0. The topological polar surface area (TPSA) is 64.3 Å². The number of hydrogen-bond donors (Lipinski definition) is 1. The molecule has 5 nitrogen and oxygen atoms in total. The monoisotopic (exact) mass is 362 g/mol. The van der Waals surface area contributed by atoms with Crippen molar-refractivity contribution in [1.82, 2.24) is 9.55 Å². The lowest BCUT2D eigenvalue weighted by Gasteiger charge is -2.26. The zero-order valence-electron chi connectivity index (χ0n) is 15.1. The number of fused-ring (bicyclic) bond motifs is 1. The number of hydrogen-bond acceptors (Lipinski definition) is 4. The number of ether oxygens (including phenoxy) is 1. The van der Waals surface area contributed by atoms with Gasteiger partial charge in [0.25, 0.3) is 0 Å². The number of thioether (sulfide) groups is 1. The molecular weight excluding hydrogens is 336 g/mol. The van der Waals surface area contributed by atoms with Crippen LogP contribution in [0.25, 0.3) is 11.0 Å². The van der Waals surface area contributed by atoms with Gasteiger partial charge in [0.1, 0.15) is 5.82 Å². The van der Waals surface area contributed by atoms with E-state index in [1.54, 1.807) is 0 Å². The van der Waals surface area contributed by atoms with Crippen molar-refractivity contribution in [2.45, 2.75) is 50.5 Å². The van der Waals surface area contributed by atoms with E-state index in [1.165, 1.54) is 11.8 Å². The van der Waals surface area contributed by atoms with Crippen molar-refractivity contribution in [2.75, 3.05) is 19.0 Å². The van der Waals surface area contributed by atoms with Gasteiger partial charge in [-0.3, -0.25) is 4.79 Å². The van der Waals surface area contributed by atoms with Crippen molar-refractivity contribution in [3.8, 4) is 0 Å². The molecule has 1 saturated heterocycles. The van der Waals surface area contributed by atoms with Crippen LogP contribution < -0.4 is 0 Å². The highest BCUT2D eigenvalue weighted by Crippen LogP contribution is 2.31. The Balaban J connectivity index is 1.95. The Bertz CT molecular complexity index is 758. The molecule has 1 aromatic carbocycles. The molecule has 0 spiro atoms. The summed E-state index contributed by atoms with van der Waals surface area (Å²) in [6, 6.07) is 6.10. The van der Waals surface area contributed by atoms with Crippen LogP contribution in [0.3, 0.4) is 0 Å². The highest BCUT2D eigenvalue weighted by molar-refractivity contribution is 8.00. The lowest BCUT2D eigenvalue weighted by atomic mass is 9.94. The molecule has 0 radical (unpaired) electrons. The number of aromatic nitrogens is 2. The van der Waals surface area contributed by atoms with Crippen LogP contribution in [0.15, 0.2) is 23.1 Å². The summed E-state index contributed by atoms with van der Waals surface area (Å²) in [4.78, 5) is 16.7. The molecule has 6 heteroatoms. The Morgan fingerprint density at radius 3 is 2.72 bits per heavy atom. The van der Waals surface area contributed by atoms with E-state index in [-0.39, 0.29) is 11.2 Å². The summed E-state index contributed by atoms with van der Waals surface area (Å²) in [5, 5.41) is 8.87. The molecule has 1 aliphatic heterocycles. The molecule has 0 amide bonds. The lowest BCUT2D eigenvalue weighted by Crippen LogP contribution is -2.25. The van der Waals surface area contributed by atoms with E-state index in [0.717, 1.165) is 54.4 Å². The first-order chi connectivity index (χ1) is 11.8. The fraction of sp³-hybridized carbons (Fsp3) is 0.579. The molecule has 2 aromatic rings. The molecule has 0 bridgehead atoms. The minimum atomic E-state index is -0.800. The number of carboxylic acids is 1. The average Bonchev–Trinajstić information content (AvgIpc) is 2.92. The minimum absolute atomic E-state index is 0.0431. The number of imidazole rings is 1. The predicted octanol–water partition coefficient (Wildman–Crippen LogP) is 3.94. The van der Waals surface area contributed by atoms with Crippen LogP contribution in [0.5, 0.6) is 0 Å². The van der Waals surface area contributed by atoms with E-state index in [0.29, 0.717) is 5.92 Å². The number of carboxylic acid groups (broad SMARTS) is 1. The van der Waals surface area contributed by atoms with E-state index in [1.807, 2.05) is 12.1 Å². The van der Waals surface area contributed by atoms with Gasteiger partial charge in [-0.2, -0.15) is 0 Å². The lowest BCUT2D eigenvalue weighted by molar-refractivity contribution is -0.133. The summed E-state index contributed by atoms with van der Waals surface area (Å²) in [5.41, 5.74) is 2.04. The van der Waals surface area contributed by atoms with Crippen LogP contribution in [0, 0.1) is 5.92 Å². The maximum atomic E-state index is 10.8. The van der Waals surface area contributed by atoms with Crippen molar-refractivity contribution in [3.63, 3.8) is 0 Å². The molecular formula is C19H26N2O3S. The Kier molecular flexibility index (Phi) is 5.39. The molecule has 0 saturated carbocycles. The SMILES string of the molecule is CC(C)(C)c1nc2cc(SCC(=O)O)ccc2n1CC1CCOCC1. The van der Waals surface area contributed by atoms with E-state index in [9.17, 15) is 4.79 Å². The molecule has 1 aromatic heterocycles. The van der Waals surface area contributed by atoms with Gasteiger partial charge in [0.15, 0.2) is 0 Å². The van der Waals surface area contributed by atoms with Crippen LogP contribution in [0.1, 0.15) is 39.4 Å². The van der Waals surface area contributed by atoms with E-state index >= 15 is 0 Å². The average molecular weight is 362 g/mol. The largest absolute Gasteiger partial charge is 0.481 e. The third kappa shape index (κ3) is 4.36.